The van der Waals surface area contributed by atoms with Crippen LogP contribution in [0.4, 0.5) is 0 Å². The average Bonchev–Trinajstić information content (AvgIpc) is 2.86. The summed E-state index contributed by atoms with van der Waals surface area (Å²) in [5.41, 5.74) is 1.32. The molecule has 8 heteroatoms. The lowest BCUT2D eigenvalue weighted by molar-refractivity contribution is 0.0162. The second-order valence-electron chi connectivity index (χ2n) is 8.25. The first-order valence-corrected chi connectivity index (χ1v) is 12.8. The van der Waals surface area contributed by atoms with Gasteiger partial charge in [-0.2, -0.15) is 4.31 Å². The summed E-state index contributed by atoms with van der Waals surface area (Å²) in [5, 5.41) is 3.01. The molecule has 2 fully saturated rings. The maximum absolute atomic E-state index is 13.2. The monoisotopic (exact) mass is 457 g/mol. The third-order valence-corrected chi connectivity index (χ3v) is 8.15. The Labute approximate surface area is 190 Å². The first-order chi connectivity index (χ1) is 15.6. The molecule has 2 saturated heterocycles. The van der Waals surface area contributed by atoms with Crippen LogP contribution >= 0.6 is 0 Å². The Balaban J connectivity index is 1.53. The van der Waals surface area contributed by atoms with Gasteiger partial charge in [-0.15, -0.1) is 0 Å². The fourth-order valence-corrected chi connectivity index (χ4v) is 6.14. The van der Waals surface area contributed by atoms with Crippen molar-refractivity contribution < 1.29 is 17.9 Å². The highest BCUT2D eigenvalue weighted by atomic mass is 32.2. The van der Waals surface area contributed by atoms with Crippen molar-refractivity contribution in [1.82, 2.24) is 14.5 Å². The molecule has 1 N–H and O–H groups in total. The van der Waals surface area contributed by atoms with Crippen LogP contribution in [0.5, 0.6) is 0 Å². The number of sulfonamides is 1. The van der Waals surface area contributed by atoms with Crippen molar-refractivity contribution in [2.45, 2.75) is 30.2 Å². The molecule has 1 unspecified atom stereocenters. The Morgan fingerprint density at radius 1 is 0.906 bits per heavy atom. The number of piperidine rings is 1. The summed E-state index contributed by atoms with van der Waals surface area (Å²) in [6.45, 7) is 4.30. The van der Waals surface area contributed by atoms with E-state index in [0.717, 1.165) is 37.9 Å². The zero-order chi connectivity index (χ0) is 22.4. The van der Waals surface area contributed by atoms with Crippen molar-refractivity contribution in [3.05, 3.63) is 65.7 Å². The number of benzene rings is 2. The molecule has 2 aromatic carbocycles. The van der Waals surface area contributed by atoms with Crippen molar-refractivity contribution in [3.8, 4) is 0 Å². The molecule has 2 aliphatic heterocycles. The van der Waals surface area contributed by atoms with Gasteiger partial charge in [0.1, 0.15) is 0 Å². The number of rotatable bonds is 7. The molecule has 0 radical (unpaired) electrons. The summed E-state index contributed by atoms with van der Waals surface area (Å²) < 4.78 is 33.5. The molecule has 0 spiro atoms. The number of nitrogens with one attached hydrogen (secondary N) is 1. The van der Waals surface area contributed by atoms with Crippen molar-refractivity contribution in [2.75, 3.05) is 45.9 Å². The Hall–Kier alpha value is -2.26. The van der Waals surface area contributed by atoms with Gasteiger partial charge in [0.15, 0.2) is 0 Å². The fourth-order valence-electron chi connectivity index (χ4n) is 4.43. The zero-order valence-corrected chi connectivity index (χ0v) is 19.1. The molecule has 7 nitrogen and oxygen atoms in total. The predicted molar refractivity (Wildman–Crippen MR) is 123 cm³/mol. The van der Waals surface area contributed by atoms with Crippen molar-refractivity contribution in [3.63, 3.8) is 0 Å². The van der Waals surface area contributed by atoms with Gasteiger partial charge in [0.05, 0.1) is 29.7 Å². The summed E-state index contributed by atoms with van der Waals surface area (Å²) in [5.74, 6) is -0.365. The summed E-state index contributed by atoms with van der Waals surface area (Å²) >= 11 is 0. The SMILES string of the molecule is O=C(NCC(c1ccccc1)N1CCOCC1)c1ccccc1S(=O)(=O)N1CCCCC1. The first-order valence-electron chi connectivity index (χ1n) is 11.3. The van der Waals surface area contributed by atoms with Gasteiger partial charge in [-0.25, -0.2) is 8.42 Å². The van der Waals surface area contributed by atoms with Crippen LogP contribution in [0.25, 0.3) is 0 Å². The summed E-state index contributed by atoms with van der Waals surface area (Å²) in [7, 11) is -3.70. The molecule has 2 heterocycles. The molecule has 0 aromatic heterocycles. The van der Waals surface area contributed by atoms with Gasteiger partial charge in [0.25, 0.3) is 5.91 Å². The molecule has 1 atom stereocenters. The topological polar surface area (TPSA) is 79.0 Å². The third kappa shape index (κ3) is 5.20. The minimum atomic E-state index is -3.70. The lowest BCUT2D eigenvalue weighted by atomic mass is 10.0. The van der Waals surface area contributed by atoms with E-state index in [0.29, 0.717) is 32.8 Å². The second kappa shape index (κ2) is 10.6. The largest absolute Gasteiger partial charge is 0.379 e. The van der Waals surface area contributed by atoms with E-state index in [2.05, 4.69) is 22.3 Å². The average molecular weight is 458 g/mol. The number of morpholine rings is 1. The highest BCUT2D eigenvalue weighted by Gasteiger charge is 2.30. The summed E-state index contributed by atoms with van der Waals surface area (Å²) in [6, 6.07) is 16.6. The number of ether oxygens (including phenoxy) is 1. The number of hydrogen-bond donors (Lipinski definition) is 1. The number of hydrogen-bond acceptors (Lipinski definition) is 5. The standard InChI is InChI=1S/C24H31N3O4S/c28-24(21-11-5-6-12-23(21)32(29,30)27-13-7-2-8-14-27)25-19-22(20-9-3-1-4-10-20)26-15-17-31-18-16-26/h1,3-6,9-12,22H,2,7-8,13-19H2,(H,25,28). The van der Waals surface area contributed by atoms with E-state index >= 15 is 0 Å². The molecule has 32 heavy (non-hydrogen) atoms. The van der Waals surface area contributed by atoms with Crippen LogP contribution in [-0.4, -0.2) is 69.5 Å². The van der Waals surface area contributed by atoms with Gasteiger partial charge in [0.2, 0.25) is 10.0 Å². The number of carbonyl (C=O) groups is 1. The van der Waals surface area contributed by atoms with Crippen LogP contribution in [0, 0.1) is 0 Å². The molecule has 4 rings (SSSR count). The Kier molecular flexibility index (Phi) is 7.57. The van der Waals surface area contributed by atoms with Gasteiger partial charge in [-0.1, -0.05) is 48.9 Å². The Morgan fingerprint density at radius 2 is 1.56 bits per heavy atom. The first kappa shape index (κ1) is 22.9. The van der Waals surface area contributed by atoms with E-state index in [-0.39, 0.29) is 22.4 Å². The highest BCUT2D eigenvalue weighted by molar-refractivity contribution is 7.89. The van der Waals surface area contributed by atoms with E-state index in [1.165, 1.54) is 10.4 Å². The summed E-state index contributed by atoms with van der Waals surface area (Å²) in [4.78, 5) is 15.6. The third-order valence-electron chi connectivity index (χ3n) is 6.19. The van der Waals surface area contributed by atoms with Crippen LogP contribution < -0.4 is 5.32 Å². The minimum Gasteiger partial charge on any atom is -0.379 e. The van der Waals surface area contributed by atoms with Gasteiger partial charge in [0, 0.05) is 32.7 Å². The van der Waals surface area contributed by atoms with Crippen LogP contribution in [0.2, 0.25) is 0 Å². The van der Waals surface area contributed by atoms with Gasteiger partial charge in [-0.3, -0.25) is 9.69 Å². The van der Waals surface area contributed by atoms with E-state index in [1.807, 2.05) is 18.2 Å². The second-order valence-corrected chi connectivity index (χ2v) is 10.2. The molecule has 1 amide bonds. The predicted octanol–water partition coefficient (Wildman–Crippen LogP) is 2.66. The maximum Gasteiger partial charge on any atom is 0.252 e. The van der Waals surface area contributed by atoms with Crippen LogP contribution in [0.1, 0.15) is 41.2 Å². The van der Waals surface area contributed by atoms with Crippen molar-refractivity contribution >= 4 is 15.9 Å². The number of carbonyl (C=O) groups excluding carboxylic acids is 1. The van der Waals surface area contributed by atoms with E-state index < -0.39 is 10.0 Å². The molecule has 0 aliphatic carbocycles. The quantitative estimate of drug-likeness (QED) is 0.692. The number of amides is 1. The van der Waals surface area contributed by atoms with Crippen LogP contribution in [0.3, 0.4) is 0 Å². The highest BCUT2D eigenvalue weighted by Crippen LogP contribution is 2.25. The molecule has 2 aromatic rings. The smallest absolute Gasteiger partial charge is 0.252 e. The lowest BCUT2D eigenvalue weighted by Crippen LogP contribution is -2.44. The van der Waals surface area contributed by atoms with Crippen LogP contribution in [0.15, 0.2) is 59.5 Å². The number of nitrogens with zero attached hydrogens (tertiary/aromatic N) is 2. The maximum atomic E-state index is 13.2. The molecule has 0 bridgehead atoms. The fraction of sp³-hybridized carbons (Fsp3) is 0.458. The normalized spacial score (nSPS) is 19.4. The van der Waals surface area contributed by atoms with Crippen LogP contribution in [-0.2, 0) is 14.8 Å². The van der Waals surface area contributed by atoms with Crippen molar-refractivity contribution in [2.24, 2.45) is 0 Å². The van der Waals surface area contributed by atoms with E-state index in [4.69, 9.17) is 4.74 Å². The molecule has 2 aliphatic rings. The minimum absolute atomic E-state index is 0.00471. The molecular weight excluding hydrogens is 426 g/mol. The zero-order valence-electron chi connectivity index (χ0n) is 18.3. The summed E-state index contributed by atoms with van der Waals surface area (Å²) in [6.07, 6.45) is 2.74. The van der Waals surface area contributed by atoms with E-state index in [1.54, 1.807) is 18.2 Å². The Bertz CT molecular complexity index is 1000. The molecule has 172 valence electrons. The van der Waals surface area contributed by atoms with Gasteiger partial charge >= 0.3 is 0 Å². The van der Waals surface area contributed by atoms with Gasteiger partial charge in [-0.05, 0) is 30.5 Å². The molecular formula is C24H31N3O4S. The van der Waals surface area contributed by atoms with Crippen molar-refractivity contribution in [1.29, 1.82) is 0 Å². The molecule has 0 saturated carbocycles. The lowest BCUT2D eigenvalue weighted by Gasteiger charge is -2.35. The van der Waals surface area contributed by atoms with E-state index in [9.17, 15) is 13.2 Å². The van der Waals surface area contributed by atoms with Gasteiger partial charge < -0.3 is 10.1 Å². The Morgan fingerprint density at radius 3 is 2.28 bits per heavy atom.